The minimum atomic E-state index is -0.408. The van der Waals surface area contributed by atoms with Crippen LogP contribution in [0, 0.1) is 0 Å². The third-order valence-electron chi connectivity index (χ3n) is 6.04. The van der Waals surface area contributed by atoms with Gasteiger partial charge in [-0.3, -0.25) is 4.79 Å². The lowest BCUT2D eigenvalue weighted by Gasteiger charge is -2.11. The van der Waals surface area contributed by atoms with E-state index in [0.717, 1.165) is 16.6 Å². The summed E-state index contributed by atoms with van der Waals surface area (Å²) in [6.45, 7) is 0. The number of pyridine rings is 1. The zero-order valence-electron chi connectivity index (χ0n) is 20.1. The maximum absolute atomic E-state index is 13.6. The first kappa shape index (κ1) is 23.0. The SMILES string of the molecule is CN(C)c1ccc(C=C(C(=O)c2ccc(-c3cc4ccccc4oc3=O)cc2)[n+]2ccccc2)cc1. The molecule has 176 valence electrons. The second kappa shape index (κ2) is 9.84. The molecule has 0 atom stereocenters. The topological polar surface area (TPSA) is 54.4 Å². The van der Waals surface area contributed by atoms with Gasteiger partial charge in [-0.05, 0) is 35.4 Å². The van der Waals surface area contributed by atoms with E-state index < -0.39 is 5.63 Å². The molecule has 3 aromatic carbocycles. The van der Waals surface area contributed by atoms with Crippen molar-refractivity contribution in [3.05, 3.63) is 131 Å². The van der Waals surface area contributed by atoms with Gasteiger partial charge in [-0.25, -0.2) is 4.79 Å². The molecule has 0 aliphatic carbocycles. The van der Waals surface area contributed by atoms with Crippen molar-refractivity contribution in [3.8, 4) is 11.1 Å². The molecule has 5 heteroatoms. The van der Waals surface area contributed by atoms with Crippen molar-refractivity contribution in [2.45, 2.75) is 0 Å². The normalized spacial score (nSPS) is 11.4. The molecule has 0 aliphatic heterocycles. The van der Waals surface area contributed by atoms with E-state index in [1.54, 1.807) is 30.3 Å². The third-order valence-corrected chi connectivity index (χ3v) is 6.04. The van der Waals surface area contributed by atoms with Gasteiger partial charge in [0.15, 0.2) is 12.4 Å². The van der Waals surface area contributed by atoms with Crippen molar-refractivity contribution in [2.75, 3.05) is 19.0 Å². The van der Waals surface area contributed by atoms with Crippen LogP contribution in [0.1, 0.15) is 15.9 Å². The summed E-state index contributed by atoms with van der Waals surface area (Å²) in [5.74, 6) is -0.125. The summed E-state index contributed by atoms with van der Waals surface area (Å²) in [4.78, 5) is 28.2. The van der Waals surface area contributed by atoms with E-state index in [9.17, 15) is 9.59 Å². The zero-order chi connectivity index (χ0) is 25.1. The van der Waals surface area contributed by atoms with Crippen LogP contribution in [0.3, 0.4) is 0 Å². The first-order valence-corrected chi connectivity index (χ1v) is 11.6. The van der Waals surface area contributed by atoms with Crippen LogP contribution in [-0.2, 0) is 0 Å². The van der Waals surface area contributed by atoms with Crippen LogP contribution in [0.25, 0.3) is 33.9 Å². The number of para-hydroxylation sites is 1. The van der Waals surface area contributed by atoms with Crippen molar-refractivity contribution >= 4 is 34.2 Å². The van der Waals surface area contributed by atoms with E-state index in [1.165, 1.54) is 0 Å². The van der Waals surface area contributed by atoms with E-state index in [1.807, 2.05) is 109 Å². The van der Waals surface area contributed by atoms with Gasteiger partial charge in [-0.2, -0.15) is 4.57 Å². The zero-order valence-corrected chi connectivity index (χ0v) is 20.1. The van der Waals surface area contributed by atoms with Gasteiger partial charge in [0.25, 0.3) is 11.5 Å². The summed E-state index contributed by atoms with van der Waals surface area (Å²) in [6, 6.07) is 30.0. The summed E-state index contributed by atoms with van der Waals surface area (Å²) in [7, 11) is 3.98. The largest absolute Gasteiger partial charge is 0.422 e. The van der Waals surface area contributed by atoms with Crippen molar-refractivity contribution in [3.63, 3.8) is 0 Å². The third kappa shape index (κ3) is 4.72. The van der Waals surface area contributed by atoms with Crippen molar-refractivity contribution < 1.29 is 13.8 Å². The number of rotatable bonds is 6. The predicted molar refractivity (Wildman–Crippen MR) is 144 cm³/mol. The standard InChI is InChI=1S/C31H25N2O3/c1-32(2)26-16-10-22(11-17-26)20-28(33-18-6-3-7-19-33)30(34)24-14-12-23(13-15-24)27-21-25-8-4-5-9-29(25)36-31(27)35/h3-21H,1-2H3/q+1. The minimum Gasteiger partial charge on any atom is -0.422 e. The Morgan fingerprint density at radius 1 is 0.833 bits per heavy atom. The number of fused-ring (bicyclic) bond motifs is 1. The summed E-state index contributed by atoms with van der Waals surface area (Å²) < 4.78 is 7.29. The molecule has 0 bridgehead atoms. The number of allylic oxidation sites excluding steroid dienone is 1. The summed E-state index contributed by atoms with van der Waals surface area (Å²) in [5.41, 5.74) is 4.35. The maximum Gasteiger partial charge on any atom is 0.344 e. The van der Waals surface area contributed by atoms with Gasteiger partial charge in [0.1, 0.15) is 5.58 Å². The first-order valence-electron chi connectivity index (χ1n) is 11.6. The summed E-state index contributed by atoms with van der Waals surface area (Å²) in [5, 5.41) is 0.846. The molecule has 0 amide bonds. The second-order valence-corrected chi connectivity index (χ2v) is 8.69. The lowest BCUT2D eigenvalue weighted by Crippen LogP contribution is -2.35. The van der Waals surface area contributed by atoms with Crippen LogP contribution in [0.4, 0.5) is 5.69 Å². The molecule has 0 saturated heterocycles. The quantitative estimate of drug-likeness (QED) is 0.138. The molecule has 0 N–H and O–H groups in total. The van der Waals surface area contributed by atoms with E-state index in [2.05, 4.69) is 0 Å². The molecule has 2 aromatic heterocycles. The molecular weight excluding hydrogens is 448 g/mol. The smallest absolute Gasteiger partial charge is 0.344 e. The fourth-order valence-corrected chi connectivity index (χ4v) is 4.06. The minimum absolute atomic E-state index is 0.125. The summed E-state index contributed by atoms with van der Waals surface area (Å²) in [6.07, 6.45) is 5.59. The molecule has 36 heavy (non-hydrogen) atoms. The lowest BCUT2D eigenvalue weighted by molar-refractivity contribution is -0.575. The first-order chi connectivity index (χ1) is 17.5. The van der Waals surface area contributed by atoms with E-state index in [-0.39, 0.29) is 5.78 Å². The fraction of sp³-hybridized carbons (Fsp3) is 0.0645. The number of anilines is 1. The van der Waals surface area contributed by atoms with E-state index >= 15 is 0 Å². The highest BCUT2D eigenvalue weighted by molar-refractivity contribution is 6.25. The van der Waals surface area contributed by atoms with E-state index in [4.69, 9.17) is 4.42 Å². The van der Waals surface area contributed by atoms with Gasteiger partial charge in [0.05, 0.1) is 5.56 Å². The van der Waals surface area contributed by atoms with Crippen molar-refractivity contribution in [2.24, 2.45) is 0 Å². The predicted octanol–water partition coefficient (Wildman–Crippen LogP) is 5.69. The molecule has 2 heterocycles. The van der Waals surface area contributed by atoms with Gasteiger partial charge in [0, 0.05) is 48.9 Å². The highest BCUT2D eigenvalue weighted by Gasteiger charge is 2.22. The molecule has 5 aromatic rings. The molecule has 0 saturated carbocycles. The Morgan fingerprint density at radius 3 is 2.22 bits per heavy atom. The Kier molecular flexibility index (Phi) is 6.29. The van der Waals surface area contributed by atoms with Gasteiger partial charge in [0.2, 0.25) is 0 Å². The monoisotopic (exact) mass is 473 g/mol. The fourth-order valence-electron chi connectivity index (χ4n) is 4.06. The van der Waals surface area contributed by atoms with Gasteiger partial charge >= 0.3 is 5.63 Å². The highest BCUT2D eigenvalue weighted by Crippen LogP contribution is 2.23. The Morgan fingerprint density at radius 2 is 1.53 bits per heavy atom. The molecule has 5 rings (SSSR count). The molecule has 0 unspecified atom stereocenters. The summed E-state index contributed by atoms with van der Waals surface area (Å²) >= 11 is 0. The molecule has 0 spiro atoms. The number of ketones is 1. The number of benzene rings is 3. The van der Waals surface area contributed by atoms with Gasteiger partial charge in [-0.15, -0.1) is 0 Å². The van der Waals surface area contributed by atoms with Crippen LogP contribution < -0.4 is 15.1 Å². The van der Waals surface area contributed by atoms with Crippen LogP contribution in [0.2, 0.25) is 0 Å². The van der Waals surface area contributed by atoms with E-state index in [0.29, 0.717) is 28.0 Å². The average molecular weight is 474 g/mol. The van der Waals surface area contributed by atoms with Gasteiger partial charge < -0.3 is 9.32 Å². The van der Waals surface area contributed by atoms with Gasteiger partial charge in [-0.1, -0.05) is 60.7 Å². The molecule has 0 aliphatic rings. The molecule has 0 radical (unpaired) electrons. The van der Waals surface area contributed by atoms with Crippen molar-refractivity contribution in [1.29, 1.82) is 0 Å². The van der Waals surface area contributed by atoms with Crippen LogP contribution >= 0.6 is 0 Å². The number of aromatic nitrogens is 1. The average Bonchev–Trinajstić information content (AvgIpc) is 2.92. The Labute approximate surface area is 209 Å². The Balaban J connectivity index is 1.51. The number of carbonyl (C=O) groups excluding carboxylic acids is 1. The van der Waals surface area contributed by atoms with Crippen LogP contribution in [0.15, 0.2) is 119 Å². The Hall–Kier alpha value is -4.77. The number of carbonyl (C=O) groups is 1. The molecule has 5 nitrogen and oxygen atoms in total. The molecule has 0 fully saturated rings. The maximum atomic E-state index is 13.6. The number of hydrogen-bond donors (Lipinski definition) is 0. The number of hydrogen-bond acceptors (Lipinski definition) is 4. The molecular formula is C31H25N2O3+. The second-order valence-electron chi connectivity index (χ2n) is 8.69. The van der Waals surface area contributed by atoms with Crippen molar-refractivity contribution in [1.82, 2.24) is 0 Å². The Bertz CT molecular complexity index is 1620. The number of nitrogens with zero attached hydrogens (tertiary/aromatic N) is 2. The van der Waals surface area contributed by atoms with Crippen LogP contribution in [0.5, 0.6) is 0 Å². The highest BCUT2D eigenvalue weighted by atomic mass is 16.4. The van der Waals surface area contributed by atoms with Crippen LogP contribution in [-0.4, -0.2) is 19.9 Å². The number of Topliss-reactive ketones (excluding diaryl/α,β-unsaturated/α-hetero) is 1. The lowest BCUT2D eigenvalue weighted by atomic mass is 10.0.